The van der Waals surface area contributed by atoms with Crippen molar-refractivity contribution in [3.8, 4) is 18.1 Å². The van der Waals surface area contributed by atoms with Gasteiger partial charge in [0.1, 0.15) is 19.0 Å². The average molecular weight is 366 g/mol. The van der Waals surface area contributed by atoms with E-state index in [0.717, 1.165) is 0 Å². The second-order valence-electron chi connectivity index (χ2n) is 4.94. The van der Waals surface area contributed by atoms with Crippen LogP contribution in [0.1, 0.15) is 10.4 Å². The van der Waals surface area contributed by atoms with Gasteiger partial charge in [0.25, 0.3) is 5.91 Å². The van der Waals surface area contributed by atoms with Gasteiger partial charge in [0.15, 0.2) is 0 Å². The Hall–Kier alpha value is -2.15. The zero-order chi connectivity index (χ0) is 18.9. The van der Waals surface area contributed by atoms with E-state index in [4.69, 9.17) is 36.0 Å². The van der Waals surface area contributed by atoms with E-state index >= 15 is 0 Å². The van der Waals surface area contributed by atoms with Crippen LogP contribution in [0.5, 0.6) is 5.75 Å². The fourth-order valence-electron chi connectivity index (χ4n) is 1.80. The van der Waals surface area contributed by atoms with Gasteiger partial charge in [0.05, 0.1) is 46.2 Å². The topological polar surface area (TPSA) is 101 Å². The fraction of sp³-hybridized carbons (Fsp3) is 0.500. The molecule has 144 valence electrons. The Morgan fingerprint density at radius 2 is 1.38 bits per heavy atom. The Kier molecular flexibility index (Phi) is 12.7. The number of amides is 1. The van der Waals surface area contributed by atoms with Gasteiger partial charge in [-0.1, -0.05) is 5.92 Å². The summed E-state index contributed by atoms with van der Waals surface area (Å²) in [6.45, 7) is 4.09. The van der Waals surface area contributed by atoms with Gasteiger partial charge >= 0.3 is 0 Å². The van der Waals surface area contributed by atoms with E-state index < -0.39 is 0 Å². The first-order chi connectivity index (χ1) is 12.8. The van der Waals surface area contributed by atoms with E-state index in [0.29, 0.717) is 70.8 Å². The molecule has 1 rings (SSSR count). The molecular formula is C18H26N2O6. The SMILES string of the molecule is C#CCOCCOCCOCCOCCOc1ccc(C(=O)NN)cc1. The predicted octanol–water partition coefficient (Wildman–Crippen LogP) is 0.369. The van der Waals surface area contributed by atoms with Gasteiger partial charge in [0.2, 0.25) is 0 Å². The van der Waals surface area contributed by atoms with Crippen molar-refractivity contribution in [3.05, 3.63) is 29.8 Å². The maximum atomic E-state index is 11.3. The molecule has 0 fully saturated rings. The van der Waals surface area contributed by atoms with E-state index in [-0.39, 0.29) is 5.91 Å². The first-order valence-electron chi connectivity index (χ1n) is 8.26. The van der Waals surface area contributed by atoms with Crippen LogP contribution in [0.3, 0.4) is 0 Å². The zero-order valence-electron chi connectivity index (χ0n) is 14.8. The molecule has 0 aliphatic heterocycles. The monoisotopic (exact) mass is 366 g/mol. The number of nitrogens with one attached hydrogen (secondary N) is 1. The summed E-state index contributed by atoms with van der Waals surface area (Å²) in [6, 6.07) is 6.67. The molecule has 0 heterocycles. The average Bonchev–Trinajstić information content (AvgIpc) is 2.68. The van der Waals surface area contributed by atoms with Crippen molar-refractivity contribution in [2.24, 2.45) is 5.84 Å². The highest BCUT2D eigenvalue weighted by Gasteiger charge is 2.02. The third-order valence-electron chi connectivity index (χ3n) is 3.05. The highest BCUT2D eigenvalue weighted by atomic mass is 16.6. The molecule has 8 nitrogen and oxygen atoms in total. The number of carbonyl (C=O) groups is 1. The maximum Gasteiger partial charge on any atom is 0.265 e. The number of hydrazine groups is 1. The van der Waals surface area contributed by atoms with E-state index in [1.807, 2.05) is 0 Å². The van der Waals surface area contributed by atoms with Gasteiger partial charge in [-0.05, 0) is 24.3 Å². The Bertz CT molecular complexity index is 529. The summed E-state index contributed by atoms with van der Waals surface area (Å²) < 4.78 is 26.6. The molecule has 0 unspecified atom stereocenters. The lowest BCUT2D eigenvalue weighted by atomic mass is 10.2. The van der Waals surface area contributed by atoms with E-state index in [2.05, 4.69) is 11.3 Å². The molecule has 0 aliphatic rings. The molecule has 0 aromatic heterocycles. The Labute approximate surface area is 153 Å². The normalized spacial score (nSPS) is 10.3. The largest absolute Gasteiger partial charge is 0.491 e. The molecule has 1 aromatic rings. The van der Waals surface area contributed by atoms with Crippen LogP contribution in [0.25, 0.3) is 0 Å². The molecular weight excluding hydrogens is 340 g/mol. The number of terminal acetylenes is 1. The van der Waals surface area contributed by atoms with Crippen LogP contribution < -0.4 is 16.0 Å². The summed E-state index contributed by atoms with van der Waals surface area (Å²) in [5, 5.41) is 0. The molecule has 0 saturated heterocycles. The zero-order valence-corrected chi connectivity index (χ0v) is 14.8. The minimum Gasteiger partial charge on any atom is -0.491 e. The van der Waals surface area contributed by atoms with E-state index in [9.17, 15) is 4.79 Å². The van der Waals surface area contributed by atoms with Crippen molar-refractivity contribution in [3.63, 3.8) is 0 Å². The summed E-state index contributed by atoms with van der Waals surface area (Å²) in [7, 11) is 0. The number of hydrogen-bond acceptors (Lipinski definition) is 7. The van der Waals surface area contributed by atoms with Crippen molar-refractivity contribution in [2.75, 3.05) is 59.5 Å². The van der Waals surface area contributed by atoms with Crippen molar-refractivity contribution < 1.29 is 28.5 Å². The molecule has 1 aromatic carbocycles. The molecule has 0 saturated carbocycles. The number of ether oxygens (including phenoxy) is 5. The predicted molar refractivity (Wildman–Crippen MR) is 95.7 cm³/mol. The second-order valence-corrected chi connectivity index (χ2v) is 4.94. The minimum atomic E-state index is -0.345. The summed E-state index contributed by atoms with van der Waals surface area (Å²) in [6.07, 6.45) is 5.04. The number of hydrogen-bond donors (Lipinski definition) is 2. The number of carbonyl (C=O) groups excluding carboxylic acids is 1. The van der Waals surface area contributed by atoms with Gasteiger partial charge in [-0.15, -0.1) is 6.42 Å². The summed E-state index contributed by atoms with van der Waals surface area (Å²) in [5.41, 5.74) is 2.54. The third-order valence-corrected chi connectivity index (χ3v) is 3.05. The van der Waals surface area contributed by atoms with Gasteiger partial charge < -0.3 is 23.7 Å². The van der Waals surface area contributed by atoms with Gasteiger partial charge in [0, 0.05) is 5.56 Å². The Morgan fingerprint density at radius 1 is 0.885 bits per heavy atom. The van der Waals surface area contributed by atoms with Crippen molar-refractivity contribution in [2.45, 2.75) is 0 Å². The molecule has 0 aliphatic carbocycles. The lowest BCUT2D eigenvalue weighted by molar-refractivity contribution is -0.00187. The maximum absolute atomic E-state index is 11.3. The van der Waals surface area contributed by atoms with Crippen molar-refractivity contribution in [1.82, 2.24) is 5.43 Å². The molecule has 0 bridgehead atoms. The molecule has 0 atom stereocenters. The van der Waals surface area contributed by atoms with Crippen molar-refractivity contribution >= 4 is 5.91 Å². The van der Waals surface area contributed by atoms with Gasteiger partial charge in [-0.25, -0.2) is 5.84 Å². The van der Waals surface area contributed by atoms with Crippen molar-refractivity contribution in [1.29, 1.82) is 0 Å². The van der Waals surface area contributed by atoms with E-state index in [1.54, 1.807) is 24.3 Å². The Morgan fingerprint density at radius 3 is 1.88 bits per heavy atom. The van der Waals surface area contributed by atoms with Crippen LogP contribution in [0.4, 0.5) is 0 Å². The number of rotatable bonds is 15. The van der Waals surface area contributed by atoms with Crippen LogP contribution >= 0.6 is 0 Å². The molecule has 8 heteroatoms. The first kappa shape index (κ1) is 21.9. The fourth-order valence-corrected chi connectivity index (χ4v) is 1.80. The summed E-state index contributed by atoms with van der Waals surface area (Å²) in [4.78, 5) is 11.3. The van der Waals surface area contributed by atoms with Gasteiger partial charge in [-0.2, -0.15) is 0 Å². The van der Waals surface area contributed by atoms with E-state index in [1.165, 1.54) is 0 Å². The summed E-state index contributed by atoms with van der Waals surface area (Å²) >= 11 is 0. The highest BCUT2D eigenvalue weighted by molar-refractivity contribution is 5.93. The standard InChI is InChI=1S/C18H26N2O6/c1-2-7-22-8-9-23-10-11-24-12-13-25-14-15-26-17-5-3-16(4-6-17)18(21)20-19/h1,3-6H,7-15,19H2,(H,20,21). The lowest BCUT2D eigenvalue weighted by Crippen LogP contribution is -2.29. The smallest absolute Gasteiger partial charge is 0.265 e. The molecule has 26 heavy (non-hydrogen) atoms. The number of nitrogens with two attached hydrogens (primary N) is 1. The van der Waals surface area contributed by atoms with Crippen LogP contribution in [-0.4, -0.2) is 65.4 Å². The number of benzene rings is 1. The highest BCUT2D eigenvalue weighted by Crippen LogP contribution is 2.11. The van der Waals surface area contributed by atoms with Crippen LogP contribution in [-0.2, 0) is 18.9 Å². The first-order valence-corrected chi connectivity index (χ1v) is 8.26. The minimum absolute atomic E-state index is 0.303. The van der Waals surface area contributed by atoms with Crippen LogP contribution in [0.15, 0.2) is 24.3 Å². The second kappa shape index (κ2) is 15.1. The molecule has 0 radical (unpaired) electrons. The van der Waals surface area contributed by atoms with Gasteiger partial charge in [-0.3, -0.25) is 10.2 Å². The van der Waals surface area contributed by atoms with Crippen LogP contribution in [0, 0.1) is 12.3 Å². The quantitative estimate of drug-likeness (QED) is 0.152. The molecule has 0 spiro atoms. The summed E-state index contributed by atoms with van der Waals surface area (Å²) in [5.74, 6) is 7.75. The molecule has 1 amide bonds. The third kappa shape index (κ3) is 10.7. The Balaban J connectivity index is 1.89. The van der Waals surface area contributed by atoms with Crippen LogP contribution in [0.2, 0.25) is 0 Å². The number of nitrogen functional groups attached to an aromatic ring is 1. The lowest BCUT2D eigenvalue weighted by Gasteiger charge is -2.08. The molecule has 3 N–H and O–H groups in total.